The number of fused-ring (bicyclic) bond motifs is 5. The average Bonchev–Trinajstić information content (AvgIpc) is 2.96. The molecule has 3 saturated carbocycles. The Kier molecular flexibility index (Phi) is 4.65. The van der Waals surface area contributed by atoms with Crippen molar-refractivity contribution >= 4 is 17.5 Å². The standard InChI is InChI=1S/C23H30O5/c1-13(24)28-12-20(27)18-7-6-17-16-5-4-14-10-15(25)8-9-22(14,2)21(16)19(26)11-23(17,18)3/h8-10,16-19,21,26H,4-7,11-12H2,1-3H3. The van der Waals surface area contributed by atoms with Crippen LogP contribution in [-0.4, -0.2) is 35.4 Å². The molecule has 0 heterocycles. The lowest BCUT2D eigenvalue weighted by Crippen LogP contribution is -2.56. The third-order valence-electron chi connectivity index (χ3n) is 8.30. The number of ether oxygens (including phenoxy) is 1. The van der Waals surface area contributed by atoms with Crippen molar-refractivity contribution < 1.29 is 24.2 Å². The Morgan fingerprint density at radius 1 is 1.25 bits per heavy atom. The third-order valence-corrected chi connectivity index (χ3v) is 8.30. The molecule has 4 aliphatic carbocycles. The highest BCUT2D eigenvalue weighted by Crippen LogP contribution is 2.66. The van der Waals surface area contributed by atoms with Crippen LogP contribution in [0.2, 0.25) is 0 Å². The van der Waals surface area contributed by atoms with Crippen LogP contribution < -0.4 is 0 Å². The molecule has 0 bridgehead atoms. The predicted octanol–water partition coefficient (Wildman–Crippen LogP) is 3.01. The molecule has 28 heavy (non-hydrogen) atoms. The quantitative estimate of drug-likeness (QED) is 0.754. The summed E-state index contributed by atoms with van der Waals surface area (Å²) in [6.45, 7) is 5.46. The molecule has 4 aliphatic rings. The van der Waals surface area contributed by atoms with Gasteiger partial charge in [0, 0.05) is 24.2 Å². The van der Waals surface area contributed by atoms with Crippen LogP contribution in [0.1, 0.15) is 52.9 Å². The van der Waals surface area contributed by atoms with E-state index in [1.54, 1.807) is 12.2 Å². The molecule has 5 heteroatoms. The summed E-state index contributed by atoms with van der Waals surface area (Å²) in [4.78, 5) is 35.8. The molecular weight excluding hydrogens is 356 g/mol. The van der Waals surface area contributed by atoms with Crippen molar-refractivity contribution in [3.8, 4) is 0 Å². The number of allylic oxidation sites excluding steroid dienone is 4. The number of carbonyl (C=O) groups is 3. The minimum atomic E-state index is -0.514. The summed E-state index contributed by atoms with van der Waals surface area (Å²) in [7, 11) is 0. The van der Waals surface area contributed by atoms with Gasteiger partial charge in [-0.25, -0.2) is 0 Å². The summed E-state index contributed by atoms with van der Waals surface area (Å²) in [5, 5.41) is 11.3. The first kappa shape index (κ1) is 19.6. The fraction of sp³-hybridized carbons (Fsp3) is 0.696. The summed E-state index contributed by atoms with van der Waals surface area (Å²) in [5.74, 6) is 0.208. The van der Waals surface area contributed by atoms with Crippen LogP contribution in [0.15, 0.2) is 23.8 Å². The van der Waals surface area contributed by atoms with E-state index in [9.17, 15) is 19.5 Å². The van der Waals surface area contributed by atoms with Gasteiger partial charge in [-0.2, -0.15) is 0 Å². The first-order valence-corrected chi connectivity index (χ1v) is 10.4. The monoisotopic (exact) mass is 386 g/mol. The van der Waals surface area contributed by atoms with Crippen molar-refractivity contribution in [3.63, 3.8) is 0 Å². The average molecular weight is 386 g/mol. The summed E-state index contributed by atoms with van der Waals surface area (Å²) in [6.07, 6.45) is 9.08. The first-order valence-electron chi connectivity index (χ1n) is 10.4. The van der Waals surface area contributed by atoms with E-state index in [0.717, 1.165) is 31.3 Å². The van der Waals surface area contributed by atoms with Crippen molar-refractivity contribution in [2.45, 2.75) is 59.0 Å². The Labute approximate surface area is 166 Å². The fourth-order valence-corrected chi connectivity index (χ4v) is 7.13. The molecule has 0 radical (unpaired) electrons. The molecule has 0 amide bonds. The smallest absolute Gasteiger partial charge is 0.303 e. The number of ketones is 2. The molecule has 0 aromatic rings. The maximum absolute atomic E-state index is 12.8. The zero-order valence-electron chi connectivity index (χ0n) is 16.9. The van der Waals surface area contributed by atoms with E-state index in [1.165, 1.54) is 6.92 Å². The van der Waals surface area contributed by atoms with Gasteiger partial charge in [-0.05, 0) is 61.5 Å². The largest absolute Gasteiger partial charge is 0.458 e. The molecule has 152 valence electrons. The second-order valence-electron chi connectivity index (χ2n) is 9.68. The molecule has 0 aromatic heterocycles. The van der Waals surface area contributed by atoms with Crippen LogP contribution in [0.5, 0.6) is 0 Å². The van der Waals surface area contributed by atoms with Gasteiger partial charge in [0.15, 0.2) is 11.6 Å². The second kappa shape index (κ2) is 6.65. The van der Waals surface area contributed by atoms with Crippen molar-refractivity contribution in [1.29, 1.82) is 0 Å². The zero-order valence-corrected chi connectivity index (χ0v) is 16.9. The number of Topliss-reactive ketones (excluding diaryl/α,β-unsaturated/α-hetero) is 1. The van der Waals surface area contributed by atoms with Crippen LogP contribution in [0, 0.1) is 34.5 Å². The Morgan fingerprint density at radius 2 is 2.00 bits per heavy atom. The fourth-order valence-electron chi connectivity index (χ4n) is 7.13. The number of hydrogen-bond acceptors (Lipinski definition) is 5. The minimum Gasteiger partial charge on any atom is -0.458 e. The topological polar surface area (TPSA) is 80.7 Å². The molecule has 5 nitrogen and oxygen atoms in total. The molecule has 0 aromatic carbocycles. The van der Waals surface area contributed by atoms with Crippen LogP contribution in [0.3, 0.4) is 0 Å². The molecular formula is C23H30O5. The van der Waals surface area contributed by atoms with Gasteiger partial charge < -0.3 is 9.84 Å². The Hall–Kier alpha value is -1.75. The Morgan fingerprint density at radius 3 is 2.71 bits per heavy atom. The molecule has 0 spiro atoms. The van der Waals surface area contributed by atoms with Crippen molar-refractivity contribution in [2.24, 2.45) is 34.5 Å². The number of esters is 1. The number of carbonyl (C=O) groups excluding carboxylic acids is 3. The van der Waals surface area contributed by atoms with E-state index in [-0.39, 0.29) is 40.8 Å². The number of hydrogen-bond donors (Lipinski definition) is 1. The first-order chi connectivity index (χ1) is 13.2. The zero-order chi connectivity index (χ0) is 20.3. The lowest BCUT2D eigenvalue weighted by Gasteiger charge is -2.58. The summed E-state index contributed by atoms with van der Waals surface area (Å²) in [6, 6.07) is 0. The second-order valence-corrected chi connectivity index (χ2v) is 9.68. The maximum Gasteiger partial charge on any atom is 0.303 e. The lowest BCUT2D eigenvalue weighted by atomic mass is 9.46. The van der Waals surface area contributed by atoms with Gasteiger partial charge in [-0.3, -0.25) is 14.4 Å². The van der Waals surface area contributed by atoms with Gasteiger partial charge in [-0.1, -0.05) is 25.5 Å². The maximum atomic E-state index is 12.8. The lowest BCUT2D eigenvalue weighted by molar-refractivity contribution is -0.152. The van der Waals surface area contributed by atoms with Crippen LogP contribution >= 0.6 is 0 Å². The van der Waals surface area contributed by atoms with E-state index in [1.807, 2.05) is 6.08 Å². The summed E-state index contributed by atoms with van der Waals surface area (Å²) in [5.41, 5.74) is 0.602. The summed E-state index contributed by atoms with van der Waals surface area (Å²) >= 11 is 0. The Balaban J connectivity index is 1.62. The van der Waals surface area contributed by atoms with Gasteiger partial charge in [0.1, 0.15) is 6.61 Å². The van der Waals surface area contributed by atoms with E-state index in [4.69, 9.17) is 4.74 Å². The van der Waals surface area contributed by atoms with Gasteiger partial charge in [0.25, 0.3) is 0 Å². The number of aliphatic hydroxyl groups is 1. The van der Waals surface area contributed by atoms with Gasteiger partial charge in [0.05, 0.1) is 6.10 Å². The molecule has 3 fully saturated rings. The highest BCUT2D eigenvalue weighted by Gasteiger charge is 2.62. The highest BCUT2D eigenvalue weighted by atomic mass is 16.5. The Bertz CT molecular complexity index is 780. The van der Waals surface area contributed by atoms with E-state index in [2.05, 4.69) is 13.8 Å². The van der Waals surface area contributed by atoms with Crippen LogP contribution in [-0.2, 0) is 19.1 Å². The van der Waals surface area contributed by atoms with Crippen molar-refractivity contribution in [2.75, 3.05) is 6.61 Å². The van der Waals surface area contributed by atoms with E-state index in [0.29, 0.717) is 18.3 Å². The highest BCUT2D eigenvalue weighted by molar-refractivity contribution is 6.01. The van der Waals surface area contributed by atoms with Crippen LogP contribution in [0.4, 0.5) is 0 Å². The van der Waals surface area contributed by atoms with E-state index < -0.39 is 12.1 Å². The summed E-state index contributed by atoms with van der Waals surface area (Å²) < 4.78 is 4.97. The molecule has 4 rings (SSSR count). The van der Waals surface area contributed by atoms with Crippen molar-refractivity contribution in [3.05, 3.63) is 23.8 Å². The van der Waals surface area contributed by atoms with Gasteiger partial charge >= 0.3 is 5.97 Å². The van der Waals surface area contributed by atoms with E-state index >= 15 is 0 Å². The molecule has 0 aliphatic heterocycles. The van der Waals surface area contributed by atoms with Crippen LogP contribution in [0.25, 0.3) is 0 Å². The number of aliphatic hydroxyl groups excluding tert-OH is 1. The van der Waals surface area contributed by atoms with Gasteiger partial charge in [-0.15, -0.1) is 0 Å². The molecule has 1 N–H and O–H groups in total. The molecule has 0 saturated heterocycles. The van der Waals surface area contributed by atoms with Crippen molar-refractivity contribution in [1.82, 2.24) is 0 Å². The normalized spacial score (nSPS) is 44.2. The SMILES string of the molecule is CC(=O)OCC(=O)C1CCC2C3CCC4=CC(=O)C=CC4(C)C3C(O)CC12C. The molecule has 7 atom stereocenters. The van der Waals surface area contributed by atoms with Gasteiger partial charge in [0.2, 0.25) is 0 Å². The number of rotatable bonds is 3. The minimum absolute atomic E-state index is 0.0170. The molecule has 7 unspecified atom stereocenters. The third kappa shape index (κ3) is 2.81. The predicted molar refractivity (Wildman–Crippen MR) is 103 cm³/mol.